The maximum absolute atomic E-state index is 15.1. The third-order valence-corrected chi connectivity index (χ3v) is 17.7. The zero-order valence-corrected chi connectivity index (χ0v) is 51.6. The Balaban J connectivity index is 1.12. The Morgan fingerprint density at radius 1 is 0.678 bits per heavy atom. The topological polar surface area (TPSA) is 533 Å². The molecule has 0 bridgehead atoms. The second-order valence-corrected chi connectivity index (χ2v) is 24.3. The maximum atomic E-state index is 15.1. The molecule has 1 saturated carbocycles. The van der Waals surface area contributed by atoms with Gasteiger partial charge in [-0.25, -0.2) is 4.79 Å². The fourth-order valence-corrected chi connectivity index (χ4v) is 13.2. The van der Waals surface area contributed by atoms with Gasteiger partial charge in [0.1, 0.15) is 48.3 Å². The van der Waals surface area contributed by atoms with E-state index in [9.17, 15) is 58.5 Å². The molecular formula is C56H91N19O14S. The molecule has 1 aliphatic carbocycles. The van der Waals surface area contributed by atoms with Crippen LogP contribution in [-0.2, 0) is 52.7 Å². The van der Waals surface area contributed by atoms with Crippen LogP contribution < -0.4 is 66.7 Å². The van der Waals surface area contributed by atoms with Crippen molar-refractivity contribution in [3.63, 3.8) is 0 Å². The van der Waals surface area contributed by atoms with Crippen LogP contribution in [0.2, 0.25) is 0 Å². The van der Waals surface area contributed by atoms with Gasteiger partial charge in [0, 0.05) is 69.6 Å². The van der Waals surface area contributed by atoms with Crippen LogP contribution in [0.1, 0.15) is 121 Å². The largest absolute Gasteiger partial charge is 0.480 e. The first-order valence-corrected chi connectivity index (χ1v) is 31.6. The standard InChI is InChI=1S/C56H91N19O14S/c1-2-21-89-32-25-41(52(86)75-37-14-4-3-10-30(37)23-40(75)47(81)69-35(53(87)88)13-7-19-66-56(62)63)74(28-32)50(84)36(29-76)70-48(82)44(42-16-9-22-90-42)71-43(78)26-67-46(80)39-24-31(77)27-73(39)51(85)38-15-8-20-72(38)49(83)34(12-6-18-65-55(60)61)68-45(79)33(57)11-5-17-64-54(58)59/h9,16,22,30-41,44,76-77H,2-8,10-15,17-21,23-29,57H2,1H3,(H,67,80)(H,68,79)(H,69,81)(H,70,82)(H,71,78)(H,87,88)(H4,58,59,64)(H4,60,61,65)(H4,62,63,66)/t30?,31-,32+,33+,34-,35-,36-,37?,38-,39-,40-,41-,44-/m0/s1. The number of aliphatic hydroxyl groups excluding tert-OH is 2. The van der Waals surface area contributed by atoms with Gasteiger partial charge in [-0.05, 0) is 94.4 Å². The van der Waals surface area contributed by atoms with E-state index in [0.717, 1.165) is 35.5 Å². The van der Waals surface area contributed by atoms with Crippen LogP contribution in [-0.4, -0.2) is 238 Å². The van der Waals surface area contributed by atoms with Crippen LogP contribution in [0.25, 0.3) is 0 Å². The number of carbonyl (C=O) groups is 10. The lowest BCUT2D eigenvalue weighted by Crippen LogP contribution is -2.59. The number of nitrogens with zero attached hydrogens (tertiary/aromatic N) is 7. The number of nitrogens with two attached hydrogens (primary N) is 7. The summed E-state index contributed by atoms with van der Waals surface area (Å²) in [7, 11) is 0. The number of carboxylic acid groups (broad SMARTS) is 1. The summed E-state index contributed by atoms with van der Waals surface area (Å²) in [4.78, 5) is 158. The Kier molecular flexibility index (Phi) is 27.1. The summed E-state index contributed by atoms with van der Waals surface area (Å²) in [5, 5.41) is 46.3. The highest BCUT2D eigenvalue weighted by molar-refractivity contribution is 7.10. The van der Waals surface area contributed by atoms with Gasteiger partial charge in [-0.15, -0.1) is 11.3 Å². The number of ether oxygens (including phenoxy) is 1. The van der Waals surface area contributed by atoms with E-state index >= 15 is 4.79 Å². The summed E-state index contributed by atoms with van der Waals surface area (Å²) >= 11 is 1.08. The van der Waals surface area contributed by atoms with Gasteiger partial charge in [-0.3, -0.25) is 58.1 Å². The van der Waals surface area contributed by atoms with Crippen LogP contribution >= 0.6 is 11.3 Å². The molecule has 5 aliphatic rings. The number of amides is 9. The normalized spacial score (nSPS) is 23.6. The number of thiophene rings is 1. The number of nitrogens with one attached hydrogen (secondary N) is 5. The third kappa shape index (κ3) is 19.5. The van der Waals surface area contributed by atoms with Crippen molar-refractivity contribution < 1.29 is 68.0 Å². The van der Waals surface area contributed by atoms with Crippen molar-refractivity contribution in [2.75, 3.05) is 59.0 Å². The maximum Gasteiger partial charge on any atom is 0.326 e. The Bertz CT molecular complexity index is 2760. The van der Waals surface area contributed by atoms with E-state index in [0.29, 0.717) is 30.6 Å². The fraction of sp³-hybridized carbons (Fsp3) is 0.696. The van der Waals surface area contributed by atoms with Crippen molar-refractivity contribution in [1.82, 2.24) is 46.2 Å². The molecule has 5 fully saturated rings. The SMILES string of the molecule is CCCO[C@@H]1C[C@@H](C(=O)N2C3CCCCC3C[C@H]2C(=O)N[C@@H](CCCN=C(N)N)C(=O)O)N(C(=O)[C@H](CO)NC(=O)[C@@H](NC(=O)CNC(=O)[C@@H]2C[C@H](O)CN2C(=O)[C@@H]2CCCN2C(=O)[C@H](CCCN=C(N)N)NC(=O)[C@H](N)CCCN=C(N)N)c2cccs2)C1. The summed E-state index contributed by atoms with van der Waals surface area (Å²) in [6.45, 7) is 0.683. The zero-order chi connectivity index (χ0) is 65.8. The first kappa shape index (κ1) is 71.1. The number of carbonyl (C=O) groups excluding carboxylic acids is 9. The minimum Gasteiger partial charge on any atom is -0.480 e. The van der Waals surface area contributed by atoms with Crippen molar-refractivity contribution in [3.05, 3.63) is 22.4 Å². The first-order valence-electron chi connectivity index (χ1n) is 30.7. The number of fused-ring (bicyclic) bond motifs is 1. The lowest BCUT2D eigenvalue weighted by atomic mass is 9.84. The smallest absolute Gasteiger partial charge is 0.326 e. The molecule has 0 spiro atoms. The van der Waals surface area contributed by atoms with E-state index in [1.807, 2.05) is 6.92 Å². The molecule has 34 heteroatoms. The predicted molar refractivity (Wildman–Crippen MR) is 328 cm³/mol. The van der Waals surface area contributed by atoms with Crippen molar-refractivity contribution in [2.24, 2.45) is 61.0 Å². The lowest BCUT2D eigenvalue weighted by molar-refractivity contribution is -0.151. The van der Waals surface area contributed by atoms with E-state index < -0.39 is 145 Å². The summed E-state index contributed by atoms with van der Waals surface area (Å²) in [6.07, 6.45) is 3.45. The molecule has 4 saturated heterocycles. The van der Waals surface area contributed by atoms with Crippen LogP contribution in [0.4, 0.5) is 0 Å². The van der Waals surface area contributed by atoms with E-state index in [1.165, 1.54) is 20.8 Å². The van der Waals surface area contributed by atoms with Crippen LogP contribution in [0.15, 0.2) is 32.5 Å². The van der Waals surface area contributed by atoms with Gasteiger partial charge in [-0.1, -0.05) is 25.8 Å². The molecule has 0 aromatic carbocycles. The Labute approximate surface area is 525 Å². The third-order valence-electron chi connectivity index (χ3n) is 16.8. The van der Waals surface area contributed by atoms with Crippen molar-refractivity contribution in [2.45, 2.75) is 182 Å². The highest BCUT2D eigenvalue weighted by atomic mass is 32.1. The lowest BCUT2D eigenvalue weighted by Gasteiger charge is -2.37. The number of hydrogen-bond acceptors (Lipinski definition) is 18. The molecule has 90 heavy (non-hydrogen) atoms. The van der Waals surface area contributed by atoms with Crippen molar-refractivity contribution >= 4 is 88.3 Å². The van der Waals surface area contributed by atoms with Crippen LogP contribution in [0, 0.1) is 5.92 Å². The molecule has 1 aromatic rings. The number of guanidine groups is 3. The molecule has 13 atom stereocenters. The van der Waals surface area contributed by atoms with Gasteiger partial charge in [0.15, 0.2) is 17.9 Å². The molecule has 5 heterocycles. The molecule has 0 radical (unpaired) electrons. The first-order chi connectivity index (χ1) is 42.9. The van der Waals surface area contributed by atoms with Gasteiger partial charge in [0.25, 0.3) is 0 Å². The monoisotopic (exact) mass is 1290 g/mol. The van der Waals surface area contributed by atoms with E-state index in [1.54, 1.807) is 11.4 Å². The Morgan fingerprint density at radius 2 is 1.31 bits per heavy atom. The summed E-state index contributed by atoms with van der Waals surface area (Å²) in [5.74, 6) is -8.46. The van der Waals surface area contributed by atoms with Gasteiger partial charge >= 0.3 is 5.97 Å². The molecule has 33 nitrogen and oxygen atoms in total. The molecule has 2 unspecified atom stereocenters. The van der Waals surface area contributed by atoms with Gasteiger partial charge in [0.05, 0.1) is 31.4 Å². The number of aliphatic carboxylic acids is 1. The average molecular weight is 1290 g/mol. The Morgan fingerprint density at radius 3 is 1.93 bits per heavy atom. The van der Waals surface area contributed by atoms with Crippen LogP contribution in [0.3, 0.4) is 0 Å². The number of aliphatic imine (C=N–C) groups is 3. The second kappa shape index (κ2) is 34.3. The number of aliphatic hydroxyl groups is 2. The van der Waals surface area contributed by atoms with Gasteiger partial charge in [0.2, 0.25) is 53.2 Å². The number of β-amino-alcohol motifs (C(OH)–C–C–N with tert-alkyl or cyclic N) is 1. The van der Waals surface area contributed by atoms with Crippen molar-refractivity contribution in [1.29, 1.82) is 0 Å². The number of likely N-dealkylation sites (tertiary alicyclic amines) is 4. The molecule has 6 rings (SSSR count). The van der Waals surface area contributed by atoms with Gasteiger partial charge in [-0.2, -0.15) is 0 Å². The number of carboxylic acids is 1. The molecule has 9 amide bonds. The summed E-state index contributed by atoms with van der Waals surface area (Å²) in [6, 6.07) is -8.62. The molecule has 4 aliphatic heterocycles. The molecule has 1 aromatic heterocycles. The number of hydrogen-bond donors (Lipinski definition) is 15. The van der Waals surface area contributed by atoms with E-state index in [-0.39, 0.29) is 127 Å². The zero-order valence-electron chi connectivity index (χ0n) is 50.8. The Hall–Kier alpha value is -7.95. The van der Waals surface area contributed by atoms with E-state index in [4.69, 9.17) is 44.9 Å². The highest BCUT2D eigenvalue weighted by Gasteiger charge is 2.53. The summed E-state index contributed by atoms with van der Waals surface area (Å²) < 4.78 is 6.08. The van der Waals surface area contributed by atoms with Gasteiger partial charge < -0.3 is 106 Å². The minimum atomic E-state index is -1.67. The average Bonchev–Trinajstić information content (AvgIpc) is 1.65. The van der Waals surface area contributed by atoms with Crippen LogP contribution in [0.5, 0.6) is 0 Å². The van der Waals surface area contributed by atoms with Crippen molar-refractivity contribution in [3.8, 4) is 0 Å². The summed E-state index contributed by atoms with van der Waals surface area (Å²) in [5.41, 5.74) is 38.8. The predicted octanol–water partition coefficient (Wildman–Crippen LogP) is -5.45. The van der Waals surface area contributed by atoms with E-state index in [2.05, 4.69) is 41.6 Å². The minimum absolute atomic E-state index is 0.00118. The highest BCUT2D eigenvalue weighted by Crippen LogP contribution is 2.41. The fourth-order valence-electron chi connectivity index (χ4n) is 12.4. The number of rotatable bonds is 32. The second-order valence-electron chi connectivity index (χ2n) is 23.3. The molecule has 22 N–H and O–H groups in total. The molecule has 500 valence electrons. The quantitative estimate of drug-likeness (QED) is 0.0182. The molecular weight excluding hydrogens is 1190 g/mol.